The van der Waals surface area contributed by atoms with Crippen LogP contribution in [0.3, 0.4) is 0 Å². The van der Waals surface area contributed by atoms with Crippen LogP contribution in [0.1, 0.15) is 30.7 Å². The number of nitrogens with zero attached hydrogens (tertiary/aromatic N) is 3. The number of hydrogen-bond acceptors (Lipinski definition) is 5. The van der Waals surface area contributed by atoms with Gasteiger partial charge >= 0.3 is 0 Å². The monoisotopic (exact) mass is 460 g/mol. The normalized spacial score (nSPS) is 22.4. The van der Waals surface area contributed by atoms with Gasteiger partial charge in [0.2, 0.25) is 5.91 Å². The molecule has 0 radical (unpaired) electrons. The smallest absolute Gasteiger partial charge is 0.224 e. The maximum absolute atomic E-state index is 13.2. The van der Waals surface area contributed by atoms with Gasteiger partial charge in [0, 0.05) is 50.4 Å². The van der Waals surface area contributed by atoms with Crippen molar-refractivity contribution in [3.63, 3.8) is 0 Å². The van der Waals surface area contributed by atoms with Crippen molar-refractivity contribution in [1.29, 1.82) is 0 Å². The summed E-state index contributed by atoms with van der Waals surface area (Å²) in [5, 5.41) is 4.36. The minimum atomic E-state index is -0.0438. The number of thiazole rings is 1. The first kappa shape index (κ1) is 22.1. The summed E-state index contributed by atoms with van der Waals surface area (Å²) in [6.45, 7) is 7.00. The molecule has 2 heterocycles. The van der Waals surface area contributed by atoms with E-state index in [0.29, 0.717) is 12.6 Å². The number of aromatic nitrogens is 1. The highest BCUT2D eigenvalue weighted by molar-refractivity contribution is 7.18. The van der Waals surface area contributed by atoms with E-state index in [4.69, 9.17) is 4.98 Å². The van der Waals surface area contributed by atoms with E-state index < -0.39 is 0 Å². The predicted molar refractivity (Wildman–Crippen MR) is 137 cm³/mol. The van der Waals surface area contributed by atoms with Crippen LogP contribution in [-0.4, -0.2) is 54.6 Å². The first-order chi connectivity index (χ1) is 16.2. The molecule has 1 fully saturated rings. The lowest BCUT2D eigenvalue weighted by Gasteiger charge is -2.39. The van der Waals surface area contributed by atoms with Gasteiger partial charge in [-0.15, -0.1) is 11.3 Å². The summed E-state index contributed by atoms with van der Waals surface area (Å²) in [6, 6.07) is 19.2. The average Bonchev–Trinajstić information content (AvgIpc) is 3.32. The molecule has 0 bridgehead atoms. The van der Waals surface area contributed by atoms with Crippen LogP contribution in [0.4, 0.5) is 5.69 Å². The molecular formula is C27H32N4OS. The number of carbonyl (C=O) groups excluding carboxylic acids is 1. The van der Waals surface area contributed by atoms with Crippen LogP contribution >= 0.6 is 11.3 Å². The molecule has 1 N–H and O–H groups in total. The molecule has 6 heteroatoms. The molecule has 1 amide bonds. The van der Waals surface area contributed by atoms with Crippen LogP contribution < -0.4 is 10.2 Å². The second-order valence-corrected chi connectivity index (χ2v) is 10.2. The van der Waals surface area contributed by atoms with Crippen LogP contribution in [0.5, 0.6) is 0 Å². The van der Waals surface area contributed by atoms with Crippen molar-refractivity contribution in [2.24, 2.45) is 5.92 Å². The number of para-hydroxylation sites is 2. The second kappa shape index (κ2) is 10.1. The van der Waals surface area contributed by atoms with Gasteiger partial charge in [0.15, 0.2) is 0 Å². The zero-order chi connectivity index (χ0) is 22.6. The van der Waals surface area contributed by atoms with E-state index in [2.05, 4.69) is 82.7 Å². The number of piperazine rings is 1. The van der Waals surface area contributed by atoms with Crippen LogP contribution in [0.15, 0.2) is 66.7 Å². The number of carbonyl (C=O) groups is 1. The Morgan fingerprint density at radius 1 is 1.03 bits per heavy atom. The van der Waals surface area contributed by atoms with Crippen molar-refractivity contribution in [1.82, 2.24) is 15.2 Å². The lowest BCUT2D eigenvalue weighted by molar-refractivity contribution is -0.126. The van der Waals surface area contributed by atoms with Crippen molar-refractivity contribution >= 4 is 33.1 Å². The lowest BCUT2D eigenvalue weighted by atomic mass is 9.82. The zero-order valence-electron chi connectivity index (χ0n) is 19.2. The minimum absolute atomic E-state index is 0.0438. The summed E-state index contributed by atoms with van der Waals surface area (Å²) in [5.74, 6) is 0.285. The number of nitrogens with one attached hydrogen (secondary N) is 1. The summed E-state index contributed by atoms with van der Waals surface area (Å²) >= 11 is 1.73. The Morgan fingerprint density at radius 3 is 2.55 bits per heavy atom. The Labute approximate surface area is 200 Å². The molecule has 5 nitrogen and oxygen atoms in total. The molecule has 1 aliphatic carbocycles. The maximum Gasteiger partial charge on any atom is 0.224 e. The van der Waals surface area contributed by atoms with E-state index in [1.165, 1.54) is 10.4 Å². The topological polar surface area (TPSA) is 48.5 Å². The van der Waals surface area contributed by atoms with Crippen LogP contribution in [-0.2, 0) is 4.79 Å². The van der Waals surface area contributed by atoms with E-state index in [0.717, 1.165) is 49.5 Å². The summed E-state index contributed by atoms with van der Waals surface area (Å²) in [7, 11) is 0. The molecule has 5 rings (SSSR count). The SMILES string of the molecule is CC(CNC(=O)C1CC=CCC1c1nc2ccccc2s1)N1CCN(c2ccccc2)CC1. The molecule has 0 saturated carbocycles. The van der Waals surface area contributed by atoms with Gasteiger partial charge < -0.3 is 10.2 Å². The molecule has 2 aromatic carbocycles. The molecule has 1 saturated heterocycles. The van der Waals surface area contributed by atoms with Gasteiger partial charge in [0.05, 0.1) is 21.1 Å². The predicted octanol–water partition coefficient (Wildman–Crippen LogP) is 4.67. The molecule has 3 aromatic rings. The third kappa shape index (κ3) is 4.97. The molecule has 1 aromatic heterocycles. The minimum Gasteiger partial charge on any atom is -0.369 e. The standard InChI is InChI=1S/C27H32N4OS/c1-20(30-15-17-31(18-16-30)21-9-3-2-4-10-21)19-28-26(32)22-11-5-6-12-23(22)27-29-24-13-7-8-14-25(24)33-27/h2-10,13-14,20,22-23H,11-12,15-19H2,1H3,(H,28,32). The molecule has 172 valence electrons. The van der Waals surface area contributed by atoms with Gasteiger partial charge in [-0.2, -0.15) is 0 Å². The Bertz CT molecular complexity index is 1070. The first-order valence-electron chi connectivity index (χ1n) is 12.0. The maximum atomic E-state index is 13.2. The van der Waals surface area contributed by atoms with Gasteiger partial charge in [-0.05, 0) is 44.0 Å². The molecule has 3 unspecified atom stereocenters. The zero-order valence-corrected chi connectivity index (χ0v) is 20.0. The summed E-state index contributed by atoms with van der Waals surface area (Å²) in [4.78, 5) is 23.0. The highest BCUT2D eigenvalue weighted by Gasteiger charge is 2.32. The van der Waals surface area contributed by atoms with Gasteiger partial charge in [0.1, 0.15) is 0 Å². The van der Waals surface area contributed by atoms with E-state index in [9.17, 15) is 4.79 Å². The number of rotatable bonds is 6. The van der Waals surface area contributed by atoms with Crippen LogP contribution in [0.25, 0.3) is 10.2 Å². The van der Waals surface area contributed by atoms with E-state index in [-0.39, 0.29) is 17.7 Å². The van der Waals surface area contributed by atoms with Crippen molar-refractivity contribution in [2.45, 2.75) is 31.7 Å². The highest BCUT2D eigenvalue weighted by atomic mass is 32.1. The fraction of sp³-hybridized carbons (Fsp3) is 0.407. The Morgan fingerprint density at radius 2 is 1.76 bits per heavy atom. The fourth-order valence-corrected chi connectivity index (χ4v) is 6.14. The van der Waals surface area contributed by atoms with Crippen molar-refractivity contribution in [3.05, 3.63) is 71.8 Å². The molecule has 33 heavy (non-hydrogen) atoms. The Balaban J connectivity index is 1.16. The molecule has 0 spiro atoms. The summed E-state index contributed by atoms with van der Waals surface area (Å²) in [5.41, 5.74) is 2.33. The van der Waals surface area contributed by atoms with Gasteiger partial charge in [-0.1, -0.05) is 42.5 Å². The van der Waals surface area contributed by atoms with Gasteiger partial charge in [-0.25, -0.2) is 4.98 Å². The summed E-state index contributed by atoms with van der Waals surface area (Å²) in [6.07, 6.45) is 6.03. The average molecular weight is 461 g/mol. The van der Waals surface area contributed by atoms with Crippen molar-refractivity contribution < 1.29 is 4.79 Å². The van der Waals surface area contributed by atoms with Crippen molar-refractivity contribution in [2.75, 3.05) is 37.6 Å². The van der Waals surface area contributed by atoms with E-state index in [1.807, 2.05) is 6.07 Å². The summed E-state index contributed by atoms with van der Waals surface area (Å²) < 4.78 is 1.20. The number of amides is 1. The first-order valence-corrected chi connectivity index (χ1v) is 12.8. The quantitative estimate of drug-likeness (QED) is 0.543. The Hall–Kier alpha value is -2.70. The number of anilines is 1. The number of fused-ring (bicyclic) bond motifs is 1. The highest BCUT2D eigenvalue weighted by Crippen LogP contribution is 2.38. The number of allylic oxidation sites excluding steroid dienone is 2. The van der Waals surface area contributed by atoms with E-state index in [1.54, 1.807) is 11.3 Å². The second-order valence-electron chi connectivity index (χ2n) is 9.13. The number of hydrogen-bond donors (Lipinski definition) is 1. The van der Waals surface area contributed by atoms with Crippen LogP contribution in [0.2, 0.25) is 0 Å². The molecular weight excluding hydrogens is 428 g/mol. The van der Waals surface area contributed by atoms with E-state index >= 15 is 0 Å². The van der Waals surface area contributed by atoms with Crippen LogP contribution in [0, 0.1) is 5.92 Å². The molecule has 1 aliphatic heterocycles. The Kier molecular flexibility index (Phi) is 6.74. The molecule has 2 aliphatic rings. The van der Waals surface area contributed by atoms with Gasteiger partial charge in [0.25, 0.3) is 0 Å². The third-order valence-electron chi connectivity index (χ3n) is 7.03. The van der Waals surface area contributed by atoms with Gasteiger partial charge in [-0.3, -0.25) is 9.69 Å². The lowest BCUT2D eigenvalue weighted by Crippen LogP contribution is -2.52. The van der Waals surface area contributed by atoms with Crippen molar-refractivity contribution in [3.8, 4) is 0 Å². The molecule has 3 atom stereocenters. The fourth-order valence-electron chi connectivity index (χ4n) is 4.99. The number of benzene rings is 2. The largest absolute Gasteiger partial charge is 0.369 e. The third-order valence-corrected chi connectivity index (χ3v) is 8.20.